The Morgan fingerprint density at radius 2 is 2.18 bits per heavy atom. The van der Waals surface area contributed by atoms with Crippen molar-refractivity contribution in [3.8, 4) is 0 Å². The average Bonchev–Trinajstić information content (AvgIpc) is 2.60. The number of nitrogens with zero attached hydrogens (tertiary/aromatic N) is 1. The number of halogens is 1. The number of aryl methyl sites for hydroxylation is 1. The molecule has 0 bridgehead atoms. The average molecular weight is 252 g/mol. The van der Waals surface area contributed by atoms with Crippen LogP contribution in [0, 0.1) is 0 Å². The van der Waals surface area contributed by atoms with Crippen molar-refractivity contribution in [2.45, 2.75) is 0 Å². The van der Waals surface area contributed by atoms with E-state index >= 15 is 0 Å². The molecule has 0 aliphatic carbocycles. The number of hydrogen-bond acceptors (Lipinski definition) is 3. The maximum atomic E-state index is 11.6. The molecule has 0 unspecified atom stereocenters. The van der Waals surface area contributed by atoms with Crippen LogP contribution in [0.5, 0.6) is 0 Å². The Balaban J connectivity index is 2.88. The summed E-state index contributed by atoms with van der Waals surface area (Å²) in [4.78, 5) is 22.8. The molecule has 0 aliphatic heterocycles. The van der Waals surface area contributed by atoms with Crippen molar-refractivity contribution in [1.29, 1.82) is 0 Å². The normalized spacial score (nSPS) is 10.5. The zero-order chi connectivity index (χ0) is 12.6. The van der Waals surface area contributed by atoms with E-state index in [-0.39, 0.29) is 5.69 Å². The van der Waals surface area contributed by atoms with Crippen LogP contribution in [0.1, 0.15) is 20.8 Å². The van der Waals surface area contributed by atoms with Crippen LogP contribution in [0.15, 0.2) is 18.2 Å². The predicted octanol–water partition coefficient (Wildman–Crippen LogP) is 2.43. The minimum Gasteiger partial charge on any atom is -0.464 e. The summed E-state index contributed by atoms with van der Waals surface area (Å²) in [6, 6.07) is 5.13. The van der Waals surface area contributed by atoms with Crippen molar-refractivity contribution in [1.82, 2.24) is 4.57 Å². The minimum atomic E-state index is -0.540. The molecule has 0 spiro atoms. The SMILES string of the molecule is COC(=O)c1c(C=O)c2cc(Cl)ccc2n1C. The molecule has 17 heavy (non-hydrogen) atoms. The van der Waals surface area contributed by atoms with Gasteiger partial charge in [0.25, 0.3) is 0 Å². The van der Waals surface area contributed by atoms with Crippen molar-refractivity contribution in [2.75, 3.05) is 7.11 Å². The Hall–Kier alpha value is -1.81. The highest BCUT2D eigenvalue weighted by Crippen LogP contribution is 2.27. The monoisotopic (exact) mass is 251 g/mol. The van der Waals surface area contributed by atoms with E-state index in [0.717, 1.165) is 5.52 Å². The number of hydrogen-bond donors (Lipinski definition) is 0. The van der Waals surface area contributed by atoms with Gasteiger partial charge in [0.1, 0.15) is 5.69 Å². The molecular weight excluding hydrogens is 242 g/mol. The summed E-state index contributed by atoms with van der Waals surface area (Å²) in [6.45, 7) is 0. The van der Waals surface area contributed by atoms with Gasteiger partial charge < -0.3 is 9.30 Å². The van der Waals surface area contributed by atoms with Gasteiger partial charge in [-0.2, -0.15) is 0 Å². The van der Waals surface area contributed by atoms with Crippen LogP contribution < -0.4 is 0 Å². The van der Waals surface area contributed by atoms with Gasteiger partial charge in [-0.25, -0.2) is 4.79 Å². The molecular formula is C12H10ClNO3. The van der Waals surface area contributed by atoms with E-state index in [1.165, 1.54) is 7.11 Å². The van der Waals surface area contributed by atoms with Crippen LogP contribution >= 0.6 is 11.6 Å². The first-order valence-corrected chi connectivity index (χ1v) is 5.29. The third-order valence-electron chi connectivity index (χ3n) is 2.70. The van der Waals surface area contributed by atoms with Crippen LogP contribution in [0.3, 0.4) is 0 Å². The molecule has 0 saturated carbocycles. The number of benzene rings is 1. The van der Waals surface area contributed by atoms with E-state index < -0.39 is 5.97 Å². The maximum Gasteiger partial charge on any atom is 0.355 e. The smallest absolute Gasteiger partial charge is 0.355 e. The van der Waals surface area contributed by atoms with Gasteiger partial charge in [0.15, 0.2) is 6.29 Å². The number of carbonyl (C=O) groups excluding carboxylic acids is 2. The molecule has 0 N–H and O–H groups in total. The second-order valence-corrected chi connectivity index (χ2v) is 4.03. The van der Waals surface area contributed by atoms with Crippen LogP contribution in [-0.4, -0.2) is 23.9 Å². The first kappa shape index (κ1) is 11.7. The Morgan fingerprint density at radius 3 is 2.76 bits per heavy atom. The van der Waals surface area contributed by atoms with Crippen molar-refractivity contribution < 1.29 is 14.3 Å². The summed E-state index contributed by atoms with van der Waals surface area (Å²) in [5.41, 5.74) is 1.30. The highest BCUT2D eigenvalue weighted by atomic mass is 35.5. The first-order chi connectivity index (χ1) is 8.10. The molecule has 2 rings (SSSR count). The lowest BCUT2D eigenvalue weighted by Gasteiger charge is -2.02. The summed E-state index contributed by atoms with van der Waals surface area (Å²) in [7, 11) is 2.98. The number of fused-ring (bicyclic) bond motifs is 1. The Labute approximate surface area is 103 Å². The number of aromatic nitrogens is 1. The zero-order valence-corrected chi connectivity index (χ0v) is 10.1. The summed E-state index contributed by atoms with van der Waals surface area (Å²) >= 11 is 5.88. The van der Waals surface area contributed by atoms with E-state index in [0.29, 0.717) is 22.3 Å². The Bertz CT molecular complexity index is 616. The van der Waals surface area contributed by atoms with Crippen molar-refractivity contribution >= 4 is 34.8 Å². The molecule has 5 heteroatoms. The van der Waals surface area contributed by atoms with Gasteiger partial charge in [0, 0.05) is 23.0 Å². The molecule has 88 valence electrons. The van der Waals surface area contributed by atoms with Crippen molar-refractivity contribution in [3.63, 3.8) is 0 Å². The molecule has 1 aromatic carbocycles. The number of rotatable bonds is 2. The van der Waals surface area contributed by atoms with Crippen LogP contribution in [0.2, 0.25) is 5.02 Å². The lowest BCUT2D eigenvalue weighted by molar-refractivity contribution is 0.0588. The Kier molecular flexibility index (Phi) is 2.90. The lowest BCUT2D eigenvalue weighted by Crippen LogP contribution is -2.09. The van der Waals surface area contributed by atoms with E-state index in [9.17, 15) is 9.59 Å². The van der Waals surface area contributed by atoms with E-state index in [1.807, 2.05) is 0 Å². The maximum absolute atomic E-state index is 11.6. The molecule has 0 aliphatic rings. The summed E-state index contributed by atoms with van der Waals surface area (Å²) in [5.74, 6) is -0.540. The highest BCUT2D eigenvalue weighted by molar-refractivity contribution is 6.31. The number of methoxy groups -OCH3 is 1. The second-order valence-electron chi connectivity index (χ2n) is 3.59. The molecule has 4 nitrogen and oxygen atoms in total. The van der Waals surface area contributed by atoms with Gasteiger partial charge in [0.05, 0.1) is 12.7 Å². The molecule has 0 fully saturated rings. The number of carbonyl (C=O) groups is 2. The molecule has 2 aromatic rings. The highest BCUT2D eigenvalue weighted by Gasteiger charge is 2.21. The van der Waals surface area contributed by atoms with Gasteiger partial charge in [0.2, 0.25) is 0 Å². The summed E-state index contributed by atoms with van der Waals surface area (Å²) in [5, 5.41) is 1.16. The van der Waals surface area contributed by atoms with Crippen molar-refractivity contribution in [3.05, 3.63) is 34.5 Å². The lowest BCUT2D eigenvalue weighted by atomic mass is 10.1. The molecule has 1 aromatic heterocycles. The number of esters is 1. The molecule has 0 amide bonds. The van der Waals surface area contributed by atoms with Crippen LogP contribution in [-0.2, 0) is 11.8 Å². The molecule has 1 heterocycles. The topological polar surface area (TPSA) is 48.3 Å². The third-order valence-corrected chi connectivity index (χ3v) is 2.93. The molecule has 0 atom stereocenters. The third kappa shape index (κ3) is 1.70. The molecule has 0 saturated heterocycles. The quantitative estimate of drug-likeness (QED) is 0.608. The molecule has 0 radical (unpaired) electrons. The van der Waals surface area contributed by atoms with Gasteiger partial charge in [-0.1, -0.05) is 11.6 Å². The Morgan fingerprint density at radius 1 is 1.47 bits per heavy atom. The fourth-order valence-corrected chi connectivity index (χ4v) is 2.08. The summed E-state index contributed by atoms with van der Waals surface area (Å²) < 4.78 is 6.29. The van der Waals surface area contributed by atoms with E-state index in [2.05, 4.69) is 4.74 Å². The van der Waals surface area contributed by atoms with Gasteiger partial charge in [-0.05, 0) is 18.2 Å². The van der Waals surface area contributed by atoms with Crippen LogP contribution in [0.4, 0.5) is 0 Å². The summed E-state index contributed by atoms with van der Waals surface area (Å²) in [6.07, 6.45) is 0.644. The fraction of sp³-hybridized carbons (Fsp3) is 0.167. The van der Waals surface area contributed by atoms with Gasteiger partial charge >= 0.3 is 5.97 Å². The van der Waals surface area contributed by atoms with Crippen LogP contribution in [0.25, 0.3) is 10.9 Å². The standard InChI is InChI=1S/C12H10ClNO3/c1-14-10-4-3-7(13)5-8(10)9(6-15)11(14)12(16)17-2/h3-6H,1-2H3. The predicted molar refractivity (Wildman–Crippen MR) is 64.7 cm³/mol. The zero-order valence-electron chi connectivity index (χ0n) is 9.36. The number of aldehydes is 1. The van der Waals surface area contributed by atoms with Crippen molar-refractivity contribution in [2.24, 2.45) is 7.05 Å². The first-order valence-electron chi connectivity index (χ1n) is 4.91. The van der Waals surface area contributed by atoms with E-state index in [4.69, 9.17) is 11.6 Å². The second kappa shape index (κ2) is 4.22. The van der Waals surface area contributed by atoms with E-state index in [1.54, 1.807) is 29.8 Å². The van der Waals surface area contributed by atoms with Gasteiger partial charge in [-0.3, -0.25) is 4.79 Å². The fourth-order valence-electron chi connectivity index (χ4n) is 1.91. The minimum absolute atomic E-state index is 0.236. The largest absolute Gasteiger partial charge is 0.464 e. The number of ether oxygens (including phenoxy) is 1. The van der Waals surface area contributed by atoms with Gasteiger partial charge in [-0.15, -0.1) is 0 Å².